The molecule has 1 aromatic rings. The molecule has 16 heavy (non-hydrogen) atoms. The highest BCUT2D eigenvalue weighted by Gasteiger charge is 2.51. The molecule has 0 spiro atoms. The second-order valence-corrected chi connectivity index (χ2v) is 4.15. The minimum absolute atomic E-state index is 0.515. The van der Waals surface area contributed by atoms with Crippen molar-refractivity contribution in [2.45, 2.75) is 18.3 Å². The number of carbonyl (C=O) groups is 1. The fourth-order valence-corrected chi connectivity index (χ4v) is 1.87. The summed E-state index contributed by atoms with van der Waals surface area (Å²) in [6.07, 6.45) is 5.31. The van der Waals surface area contributed by atoms with Crippen molar-refractivity contribution in [3.8, 4) is 0 Å². The Morgan fingerprint density at radius 2 is 2.00 bits per heavy atom. The molecule has 84 valence electrons. The number of carboxylic acid groups (broad SMARTS) is 1. The summed E-state index contributed by atoms with van der Waals surface area (Å²) in [5.41, 5.74) is 6.72. The highest BCUT2D eigenvalue weighted by atomic mass is 16.4. The first kappa shape index (κ1) is 10.9. The lowest BCUT2D eigenvalue weighted by Gasteiger charge is -2.09. The van der Waals surface area contributed by atoms with E-state index in [1.54, 1.807) is 0 Å². The Bertz CT molecular complexity index is 416. The maximum Gasteiger partial charge on any atom is 0.314 e. The molecule has 0 amide bonds. The average Bonchev–Trinajstić information content (AvgIpc) is 3.08. The number of carboxylic acids is 1. The third-order valence-electron chi connectivity index (χ3n) is 3.07. The van der Waals surface area contributed by atoms with E-state index in [9.17, 15) is 4.79 Å². The summed E-state index contributed by atoms with van der Waals surface area (Å²) in [6.45, 7) is 0.515. The van der Waals surface area contributed by atoms with Gasteiger partial charge >= 0.3 is 5.97 Å². The molecule has 0 aromatic heterocycles. The van der Waals surface area contributed by atoms with Crippen molar-refractivity contribution >= 4 is 12.0 Å². The molecule has 3 nitrogen and oxygen atoms in total. The number of hydrogen-bond donors (Lipinski definition) is 2. The van der Waals surface area contributed by atoms with Crippen LogP contribution >= 0.6 is 0 Å². The molecule has 0 radical (unpaired) electrons. The number of hydrogen-bond acceptors (Lipinski definition) is 2. The third kappa shape index (κ3) is 1.86. The van der Waals surface area contributed by atoms with Crippen molar-refractivity contribution in [1.29, 1.82) is 0 Å². The van der Waals surface area contributed by atoms with Crippen LogP contribution in [0.25, 0.3) is 6.08 Å². The van der Waals surface area contributed by atoms with Crippen molar-refractivity contribution in [1.82, 2.24) is 0 Å². The van der Waals surface area contributed by atoms with E-state index in [0.717, 1.165) is 24.0 Å². The molecule has 1 saturated carbocycles. The fourth-order valence-electron chi connectivity index (χ4n) is 1.87. The first-order chi connectivity index (χ1) is 7.69. The lowest BCUT2D eigenvalue weighted by Crippen LogP contribution is -2.19. The van der Waals surface area contributed by atoms with E-state index < -0.39 is 11.4 Å². The molecule has 1 aromatic carbocycles. The monoisotopic (exact) mass is 217 g/mol. The lowest BCUT2D eigenvalue weighted by molar-refractivity contribution is -0.140. The Morgan fingerprint density at radius 3 is 2.44 bits per heavy atom. The van der Waals surface area contributed by atoms with Gasteiger partial charge in [-0.15, -0.1) is 0 Å². The topological polar surface area (TPSA) is 63.3 Å². The van der Waals surface area contributed by atoms with Crippen LogP contribution in [0.1, 0.15) is 24.0 Å². The molecule has 0 aliphatic heterocycles. The van der Waals surface area contributed by atoms with Crippen molar-refractivity contribution < 1.29 is 9.90 Å². The van der Waals surface area contributed by atoms with E-state index in [-0.39, 0.29) is 0 Å². The van der Waals surface area contributed by atoms with Crippen molar-refractivity contribution in [2.75, 3.05) is 6.54 Å². The van der Waals surface area contributed by atoms with Crippen molar-refractivity contribution in [3.05, 3.63) is 41.5 Å². The van der Waals surface area contributed by atoms with Crippen LogP contribution in [-0.4, -0.2) is 17.6 Å². The third-order valence-corrected chi connectivity index (χ3v) is 3.07. The van der Waals surface area contributed by atoms with E-state index in [1.165, 1.54) is 0 Å². The molecule has 0 heterocycles. The Hall–Kier alpha value is -1.61. The van der Waals surface area contributed by atoms with Crippen LogP contribution in [0.3, 0.4) is 0 Å². The number of aliphatic carboxylic acids is 1. The van der Waals surface area contributed by atoms with Crippen LogP contribution in [0.4, 0.5) is 0 Å². The van der Waals surface area contributed by atoms with Crippen LogP contribution in [0.5, 0.6) is 0 Å². The van der Waals surface area contributed by atoms with Gasteiger partial charge in [0.1, 0.15) is 0 Å². The zero-order valence-corrected chi connectivity index (χ0v) is 9.02. The Morgan fingerprint density at radius 1 is 1.38 bits per heavy atom. The number of rotatable bonds is 4. The Labute approximate surface area is 94.6 Å². The summed E-state index contributed by atoms with van der Waals surface area (Å²) in [6, 6.07) is 7.67. The SMILES string of the molecule is NCC=Cc1ccc(C2(C(=O)O)CC2)cc1. The normalized spacial score (nSPS) is 17.6. The lowest BCUT2D eigenvalue weighted by atomic mass is 9.95. The molecule has 0 bridgehead atoms. The van der Waals surface area contributed by atoms with Crippen LogP contribution in [0.15, 0.2) is 30.3 Å². The van der Waals surface area contributed by atoms with Crippen molar-refractivity contribution in [2.24, 2.45) is 5.73 Å². The van der Waals surface area contributed by atoms with E-state index >= 15 is 0 Å². The summed E-state index contributed by atoms with van der Waals surface area (Å²) in [5.74, 6) is -0.710. The maximum atomic E-state index is 11.1. The zero-order valence-electron chi connectivity index (χ0n) is 9.02. The Balaban J connectivity index is 2.20. The van der Waals surface area contributed by atoms with Gasteiger partial charge in [-0.2, -0.15) is 0 Å². The van der Waals surface area contributed by atoms with Crippen LogP contribution in [-0.2, 0) is 10.2 Å². The maximum absolute atomic E-state index is 11.1. The molecular formula is C13H15NO2. The van der Waals surface area contributed by atoms with Gasteiger partial charge in [-0.3, -0.25) is 4.79 Å². The van der Waals surface area contributed by atoms with Gasteiger partial charge in [-0.05, 0) is 24.0 Å². The van der Waals surface area contributed by atoms with Gasteiger partial charge in [-0.1, -0.05) is 36.4 Å². The second kappa shape index (κ2) is 4.10. The summed E-state index contributed by atoms with van der Waals surface area (Å²) in [7, 11) is 0. The molecule has 0 atom stereocenters. The predicted octanol–water partition coefficient (Wildman–Crippen LogP) is 1.77. The van der Waals surface area contributed by atoms with E-state index in [1.807, 2.05) is 36.4 Å². The molecule has 1 aliphatic carbocycles. The Kier molecular flexibility index (Phi) is 2.79. The summed E-state index contributed by atoms with van der Waals surface area (Å²) >= 11 is 0. The van der Waals surface area contributed by atoms with Gasteiger partial charge in [0.05, 0.1) is 5.41 Å². The fraction of sp³-hybridized carbons (Fsp3) is 0.308. The molecule has 3 heteroatoms. The van der Waals surface area contributed by atoms with E-state index in [4.69, 9.17) is 10.8 Å². The molecule has 1 aliphatic rings. The van der Waals surface area contributed by atoms with Gasteiger partial charge in [0.25, 0.3) is 0 Å². The van der Waals surface area contributed by atoms with Gasteiger partial charge < -0.3 is 10.8 Å². The van der Waals surface area contributed by atoms with Crippen molar-refractivity contribution in [3.63, 3.8) is 0 Å². The largest absolute Gasteiger partial charge is 0.481 e. The summed E-state index contributed by atoms with van der Waals surface area (Å²) < 4.78 is 0. The summed E-state index contributed by atoms with van der Waals surface area (Å²) in [5, 5.41) is 9.14. The molecule has 0 saturated heterocycles. The van der Waals surface area contributed by atoms with Gasteiger partial charge in [0.15, 0.2) is 0 Å². The first-order valence-electron chi connectivity index (χ1n) is 5.39. The number of benzene rings is 1. The summed E-state index contributed by atoms with van der Waals surface area (Å²) in [4.78, 5) is 11.1. The first-order valence-corrected chi connectivity index (χ1v) is 5.39. The minimum Gasteiger partial charge on any atom is -0.481 e. The molecule has 3 N–H and O–H groups in total. The molecule has 1 fully saturated rings. The quantitative estimate of drug-likeness (QED) is 0.808. The highest BCUT2D eigenvalue weighted by Crippen LogP contribution is 2.48. The van der Waals surface area contributed by atoms with Gasteiger partial charge in [-0.25, -0.2) is 0 Å². The highest BCUT2D eigenvalue weighted by molar-refractivity contribution is 5.85. The molecule has 2 rings (SSSR count). The zero-order chi connectivity index (χ0) is 11.6. The van der Waals surface area contributed by atoms with Crippen LogP contribution < -0.4 is 5.73 Å². The second-order valence-electron chi connectivity index (χ2n) is 4.15. The van der Waals surface area contributed by atoms with E-state index in [2.05, 4.69) is 0 Å². The van der Waals surface area contributed by atoms with Gasteiger partial charge in [0, 0.05) is 6.54 Å². The average molecular weight is 217 g/mol. The van der Waals surface area contributed by atoms with Crippen LogP contribution in [0, 0.1) is 0 Å². The number of nitrogens with two attached hydrogens (primary N) is 1. The van der Waals surface area contributed by atoms with E-state index in [0.29, 0.717) is 6.54 Å². The smallest absolute Gasteiger partial charge is 0.314 e. The minimum atomic E-state index is -0.710. The van der Waals surface area contributed by atoms with Gasteiger partial charge in [0.2, 0.25) is 0 Å². The molecule has 0 unspecified atom stereocenters. The molecular weight excluding hydrogens is 202 g/mol. The van der Waals surface area contributed by atoms with Crippen LogP contribution in [0.2, 0.25) is 0 Å². The predicted molar refractivity (Wildman–Crippen MR) is 63.1 cm³/mol. The standard InChI is InChI=1S/C13H15NO2/c14-9-1-2-10-3-5-11(6-4-10)13(7-8-13)12(15)16/h1-6H,7-9,14H2,(H,15,16).